The second-order valence-corrected chi connectivity index (χ2v) is 7.88. The molecule has 0 aliphatic carbocycles. The van der Waals surface area contributed by atoms with Gasteiger partial charge in [0.2, 0.25) is 0 Å². The molecule has 2 heterocycles. The van der Waals surface area contributed by atoms with Gasteiger partial charge in [0.05, 0.1) is 16.3 Å². The Bertz CT molecular complexity index is 956. The first-order chi connectivity index (χ1) is 13.1. The van der Waals surface area contributed by atoms with Crippen molar-refractivity contribution in [3.8, 4) is 0 Å². The lowest BCUT2D eigenvalue weighted by Crippen LogP contribution is -2.29. The number of nitrogens with zero attached hydrogens (tertiary/aromatic N) is 2. The number of halogens is 2. The molecule has 138 valence electrons. The average Bonchev–Trinajstić information content (AvgIpc) is 3.04. The fourth-order valence-electron chi connectivity index (χ4n) is 3.15. The van der Waals surface area contributed by atoms with Crippen LogP contribution >= 0.6 is 22.9 Å². The molecule has 2 aromatic carbocycles. The normalized spacial score (nSPS) is 14.0. The third-order valence-corrected chi connectivity index (χ3v) is 5.78. The van der Waals surface area contributed by atoms with Crippen LogP contribution in [0.1, 0.15) is 26.5 Å². The first-order valence-corrected chi connectivity index (χ1v) is 9.80. The number of anilines is 1. The summed E-state index contributed by atoms with van der Waals surface area (Å²) in [6.45, 7) is 2.58. The van der Waals surface area contributed by atoms with Crippen molar-refractivity contribution >= 4 is 34.0 Å². The third kappa shape index (κ3) is 4.03. The molecule has 0 spiro atoms. The lowest BCUT2D eigenvalue weighted by Gasteiger charge is -2.25. The Hall–Kier alpha value is -2.28. The number of fused-ring (bicyclic) bond motifs is 1. The Morgan fingerprint density at radius 1 is 1.22 bits per heavy atom. The van der Waals surface area contributed by atoms with Crippen LogP contribution in [0.2, 0.25) is 5.02 Å². The summed E-state index contributed by atoms with van der Waals surface area (Å²) in [5, 5.41) is 3.25. The van der Waals surface area contributed by atoms with Crippen molar-refractivity contribution in [1.82, 2.24) is 9.88 Å². The number of hydrogen-bond acceptors (Lipinski definition) is 4. The highest BCUT2D eigenvalue weighted by Crippen LogP contribution is 2.30. The molecular weight excluding hydrogens is 385 g/mol. The molecule has 1 aliphatic heterocycles. The average molecular weight is 402 g/mol. The summed E-state index contributed by atoms with van der Waals surface area (Å²) in [5.41, 5.74) is 2.12. The molecule has 0 unspecified atom stereocenters. The van der Waals surface area contributed by atoms with Crippen molar-refractivity contribution < 1.29 is 9.18 Å². The van der Waals surface area contributed by atoms with E-state index in [2.05, 4.69) is 27.3 Å². The van der Waals surface area contributed by atoms with Gasteiger partial charge < -0.3 is 0 Å². The van der Waals surface area contributed by atoms with Crippen LogP contribution < -0.4 is 5.32 Å². The van der Waals surface area contributed by atoms with Gasteiger partial charge in [-0.2, -0.15) is 0 Å². The maximum Gasteiger partial charge on any atom is 0.261 e. The Kier molecular flexibility index (Phi) is 5.20. The number of nitrogens with one attached hydrogen (secondary N) is 1. The highest BCUT2D eigenvalue weighted by Gasteiger charge is 2.23. The predicted octanol–water partition coefficient (Wildman–Crippen LogP) is 4.75. The van der Waals surface area contributed by atoms with Crippen molar-refractivity contribution in [3.05, 3.63) is 81.1 Å². The number of carbonyl (C=O) groups is 1. The zero-order valence-corrected chi connectivity index (χ0v) is 16.0. The molecule has 4 nitrogen and oxygen atoms in total. The van der Waals surface area contributed by atoms with E-state index in [-0.39, 0.29) is 10.6 Å². The highest BCUT2D eigenvalue weighted by atomic mass is 35.5. The first kappa shape index (κ1) is 18.1. The van der Waals surface area contributed by atoms with E-state index in [0.29, 0.717) is 5.13 Å². The van der Waals surface area contributed by atoms with Crippen molar-refractivity contribution in [2.45, 2.75) is 19.5 Å². The molecule has 0 atom stereocenters. The minimum atomic E-state index is -0.643. The molecule has 0 saturated heterocycles. The highest BCUT2D eigenvalue weighted by molar-refractivity contribution is 7.15. The summed E-state index contributed by atoms with van der Waals surface area (Å²) in [5.74, 6) is -1.22. The Balaban J connectivity index is 1.46. The van der Waals surface area contributed by atoms with Crippen molar-refractivity contribution in [3.63, 3.8) is 0 Å². The third-order valence-electron chi connectivity index (χ3n) is 4.47. The van der Waals surface area contributed by atoms with Crippen LogP contribution in [-0.2, 0) is 19.5 Å². The van der Waals surface area contributed by atoms with E-state index >= 15 is 0 Å². The van der Waals surface area contributed by atoms with E-state index in [1.165, 1.54) is 35.1 Å². The van der Waals surface area contributed by atoms with Crippen LogP contribution in [-0.4, -0.2) is 22.3 Å². The van der Waals surface area contributed by atoms with Crippen molar-refractivity contribution in [2.24, 2.45) is 0 Å². The summed E-state index contributed by atoms with van der Waals surface area (Å²) < 4.78 is 13.9. The molecule has 0 fully saturated rings. The second kappa shape index (κ2) is 7.76. The van der Waals surface area contributed by atoms with Gasteiger partial charge in [-0.15, -0.1) is 11.3 Å². The molecule has 3 aromatic rings. The van der Waals surface area contributed by atoms with E-state index in [1.54, 1.807) is 0 Å². The molecule has 0 bridgehead atoms. The van der Waals surface area contributed by atoms with Crippen LogP contribution in [0.3, 0.4) is 0 Å². The molecule has 7 heteroatoms. The summed E-state index contributed by atoms with van der Waals surface area (Å²) in [6.07, 6.45) is 0.828. The van der Waals surface area contributed by atoms with Crippen LogP contribution in [0.5, 0.6) is 0 Å². The van der Waals surface area contributed by atoms with E-state index < -0.39 is 11.7 Å². The Morgan fingerprint density at radius 3 is 2.81 bits per heavy atom. The van der Waals surface area contributed by atoms with Crippen molar-refractivity contribution in [1.29, 1.82) is 0 Å². The fourth-order valence-corrected chi connectivity index (χ4v) is 4.45. The van der Waals surface area contributed by atoms with Crippen LogP contribution in [0.4, 0.5) is 9.52 Å². The minimum absolute atomic E-state index is 0.0860. The van der Waals surface area contributed by atoms with E-state index in [1.807, 2.05) is 18.2 Å². The van der Waals surface area contributed by atoms with Gasteiger partial charge in [0.25, 0.3) is 5.91 Å². The number of aromatic nitrogens is 1. The zero-order chi connectivity index (χ0) is 18.8. The molecule has 1 aromatic heterocycles. The van der Waals surface area contributed by atoms with Gasteiger partial charge in [-0.25, -0.2) is 9.37 Å². The molecule has 1 amide bonds. The van der Waals surface area contributed by atoms with Gasteiger partial charge in [0.15, 0.2) is 5.13 Å². The maximum atomic E-state index is 13.9. The van der Waals surface area contributed by atoms with Crippen LogP contribution in [0, 0.1) is 5.82 Å². The number of carbonyl (C=O) groups excluding carboxylic acids is 1. The van der Waals surface area contributed by atoms with E-state index in [0.717, 1.165) is 36.6 Å². The fraction of sp³-hybridized carbons (Fsp3) is 0.200. The molecule has 4 rings (SSSR count). The van der Waals surface area contributed by atoms with Gasteiger partial charge in [-0.1, -0.05) is 48.0 Å². The lowest BCUT2D eigenvalue weighted by atomic mass is 10.1. The van der Waals surface area contributed by atoms with E-state index in [4.69, 9.17) is 11.6 Å². The molecule has 27 heavy (non-hydrogen) atoms. The smallest absolute Gasteiger partial charge is 0.261 e. The Labute approximate surface area is 165 Å². The first-order valence-electron chi connectivity index (χ1n) is 8.60. The lowest BCUT2D eigenvalue weighted by molar-refractivity contribution is 0.102. The minimum Gasteiger partial charge on any atom is -0.298 e. The number of amides is 1. The monoisotopic (exact) mass is 401 g/mol. The number of benzene rings is 2. The summed E-state index contributed by atoms with van der Waals surface area (Å²) in [7, 11) is 0. The quantitative estimate of drug-likeness (QED) is 0.686. The predicted molar refractivity (Wildman–Crippen MR) is 106 cm³/mol. The summed E-state index contributed by atoms with van der Waals surface area (Å²) >= 11 is 7.40. The number of rotatable bonds is 4. The summed E-state index contributed by atoms with van der Waals surface area (Å²) in [4.78, 5) is 20.4. The zero-order valence-electron chi connectivity index (χ0n) is 14.4. The molecule has 0 radical (unpaired) electrons. The van der Waals surface area contributed by atoms with Gasteiger partial charge >= 0.3 is 0 Å². The second-order valence-electron chi connectivity index (χ2n) is 6.39. The van der Waals surface area contributed by atoms with E-state index in [9.17, 15) is 9.18 Å². The largest absolute Gasteiger partial charge is 0.298 e. The van der Waals surface area contributed by atoms with Crippen molar-refractivity contribution in [2.75, 3.05) is 11.9 Å². The maximum absolute atomic E-state index is 13.9. The van der Waals surface area contributed by atoms with Gasteiger partial charge in [-0.3, -0.25) is 15.0 Å². The number of thiazole rings is 1. The Morgan fingerprint density at radius 2 is 2.04 bits per heavy atom. The number of hydrogen-bond donors (Lipinski definition) is 1. The molecule has 1 aliphatic rings. The SMILES string of the molecule is O=C(Nc1nc2c(s1)CN(Cc1ccccc1)CC2)c1c(F)cccc1Cl. The van der Waals surface area contributed by atoms with Crippen LogP contribution in [0.25, 0.3) is 0 Å². The standard InChI is InChI=1S/C20H17ClFN3OS/c21-14-7-4-8-15(22)18(14)19(26)24-20-23-16-9-10-25(12-17(16)27-20)11-13-5-2-1-3-6-13/h1-8H,9-12H2,(H,23,24,26). The molecular formula is C20H17ClFN3OS. The summed E-state index contributed by atoms with van der Waals surface area (Å²) in [6, 6.07) is 14.5. The van der Waals surface area contributed by atoms with Gasteiger partial charge in [0, 0.05) is 30.9 Å². The topological polar surface area (TPSA) is 45.2 Å². The van der Waals surface area contributed by atoms with Gasteiger partial charge in [0.1, 0.15) is 5.82 Å². The molecule has 0 saturated carbocycles. The molecule has 1 N–H and O–H groups in total. The van der Waals surface area contributed by atoms with Gasteiger partial charge in [-0.05, 0) is 17.7 Å². The van der Waals surface area contributed by atoms with Crippen LogP contribution in [0.15, 0.2) is 48.5 Å².